The molecule has 0 amide bonds. The third-order valence-corrected chi connectivity index (χ3v) is 6.73. The van der Waals surface area contributed by atoms with Crippen LogP contribution in [0.3, 0.4) is 0 Å². The van der Waals surface area contributed by atoms with Crippen molar-refractivity contribution in [1.82, 2.24) is 4.31 Å². The van der Waals surface area contributed by atoms with Gasteiger partial charge in [-0.1, -0.05) is 11.6 Å². The van der Waals surface area contributed by atoms with Crippen molar-refractivity contribution in [3.8, 4) is 0 Å². The van der Waals surface area contributed by atoms with Crippen LogP contribution in [0, 0.1) is 18.2 Å². The highest BCUT2D eigenvalue weighted by atomic mass is 35.5. The van der Waals surface area contributed by atoms with Crippen LogP contribution in [0.2, 0.25) is 5.02 Å². The first kappa shape index (κ1) is 15.2. The summed E-state index contributed by atoms with van der Waals surface area (Å²) in [6.07, 6.45) is 1.68. The van der Waals surface area contributed by atoms with E-state index in [1.54, 1.807) is 0 Å². The summed E-state index contributed by atoms with van der Waals surface area (Å²) in [7, 11) is -3.69. The minimum atomic E-state index is -3.69. The van der Waals surface area contributed by atoms with Crippen LogP contribution >= 0.6 is 11.6 Å². The van der Waals surface area contributed by atoms with Gasteiger partial charge < -0.3 is 4.74 Å². The van der Waals surface area contributed by atoms with Crippen molar-refractivity contribution in [3.05, 3.63) is 28.5 Å². The Morgan fingerprint density at radius 2 is 2.14 bits per heavy atom. The molecule has 0 N–H and O–H groups in total. The van der Waals surface area contributed by atoms with Gasteiger partial charge in [0, 0.05) is 25.1 Å². The van der Waals surface area contributed by atoms with Gasteiger partial charge in [-0.2, -0.15) is 4.31 Å². The van der Waals surface area contributed by atoms with Crippen LogP contribution in [0.5, 0.6) is 0 Å². The highest BCUT2D eigenvalue weighted by molar-refractivity contribution is 7.89. The van der Waals surface area contributed by atoms with Crippen molar-refractivity contribution >= 4 is 21.6 Å². The molecule has 7 heteroatoms. The Hall–Kier alpha value is -0.690. The molecule has 0 radical (unpaired) electrons. The van der Waals surface area contributed by atoms with Gasteiger partial charge in [0.1, 0.15) is 10.7 Å². The second kappa shape index (κ2) is 5.19. The molecule has 0 aromatic heterocycles. The molecule has 2 saturated heterocycles. The zero-order valence-corrected chi connectivity index (χ0v) is 13.3. The molecule has 4 nitrogen and oxygen atoms in total. The maximum atomic E-state index is 13.5. The standard InChI is InChI=1S/C14H17ClFNO3S/c1-10-6-13(11(15)7-12(10)16)21(18,19)17-4-2-14(8-17)3-5-20-9-14/h6-7H,2-5,8-9H2,1H3/t14-/m1/s1. The highest BCUT2D eigenvalue weighted by Gasteiger charge is 2.45. The molecule has 1 atom stereocenters. The summed E-state index contributed by atoms with van der Waals surface area (Å²) in [5.74, 6) is -0.499. The van der Waals surface area contributed by atoms with Gasteiger partial charge in [0.2, 0.25) is 10.0 Å². The topological polar surface area (TPSA) is 46.6 Å². The van der Waals surface area contributed by atoms with E-state index < -0.39 is 15.8 Å². The molecule has 0 bridgehead atoms. The minimum absolute atomic E-state index is 0.0148. The van der Waals surface area contributed by atoms with E-state index in [0.717, 1.165) is 18.9 Å². The Balaban J connectivity index is 1.93. The van der Waals surface area contributed by atoms with Gasteiger partial charge >= 0.3 is 0 Å². The molecule has 0 unspecified atom stereocenters. The van der Waals surface area contributed by atoms with E-state index >= 15 is 0 Å². The number of sulfonamides is 1. The first-order chi connectivity index (χ1) is 9.84. The highest BCUT2D eigenvalue weighted by Crippen LogP contribution is 2.41. The van der Waals surface area contributed by atoms with Crippen molar-refractivity contribution in [1.29, 1.82) is 0 Å². The first-order valence-electron chi connectivity index (χ1n) is 6.88. The largest absolute Gasteiger partial charge is 0.381 e. The smallest absolute Gasteiger partial charge is 0.244 e. The number of nitrogens with zero attached hydrogens (tertiary/aromatic N) is 1. The summed E-state index contributed by atoms with van der Waals surface area (Å²) < 4.78 is 45.8. The second-order valence-corrected chi connectivity index (χ2v) is 8.24. The van der Waals surface area contributed by atoms with Gasteiger partial charge in [0.15, 0.2) is 0 Å². The zero-order chi connectivity index (χ0) is 15.3. The molecule has 116 valence electrons. The number of aryl methyl sites for hydroxylation is 1. The predicted molar refractivity (Wildman–Crippen MR) is 77.4 cm³/mol. The molecule has 2 heterocycles. The van der Waals surface area contributed by atoms with Crippen molar-refractivity contribution in [2.24, 2.45) is 5.41 Å². The lowest BCUT2D eigenvalue weighted by atomic mass is 9.87. The molecule has 1 aromatic rings. The maximum absolute atomic E-state index is 13.5. The van der Waals surface area contributed by atoms with Gasteiger partial charge in [0.25, 0.3) is 0 Å². The van der Waals surface area contributed by atoms with E-state index in [1.807, 2.05) is 0 Å². The molecule has 21 heavy (non-hydrogen) atoms. The summed E-state index contributed by atoms with van der Waals surface area (Å²) in [5.41, 5.74) is 0.213. The molecule has 2 fully saturated rings. The zero-order valence-electron chi connectivity index (χ0n) is 11.7. The third-order valence-electron chi connectivity index (χ3n) is 4.42. The summed E-state index contributed by atoms with van der Waals surface area (Å²) >= 11 is 5.95. The van der Waals surface area contributed by atoms with Crippen molar-refractivity contribution in [2.45, 2.75) is 24.7 Å². The molecular weight excluding hydrogens is 317 g/mol. The Kier molecular flexibility index (Phi) is 3.76. The monoisotopic (exact) mass is 333 g/mol. The fourth-order valence-electron chi connectivity index (χ4n) is 3.04. The van der Waals surface area contributed by atoms with E-state index in [4.69, 9.17) is 16.3 Å². The maximum Gasteiger partial charge on any atom is 0.244 e. The van der Waals surface area contributed by atoms with Crippen LogP contribution in [0.4, 0.5) is 4.39 Å². The average molecular weight is 334 g/mol. The van der Waals surface area contributed by atoms with Gasteiger partial charge in [-0.3, -0.25) is 0 Å². The fraction of sp³-hybridized carbons (Fsp3) is 0.571. The van der Waals surface area contributed by atoms with E-state index in [2.05, 4.69) is 0 Å². The summed E-state index contributed by atoms with van der Waals surface area (Å²) in [4.78, 5) is -0.0148. The number of ether oxygens (including phenoxy) is 1. The van der Waals surface area contributed by atoms with Crippen LogP contribution in [0.15, 0.2) is 17.0 Å². The van der Waals surface area contributed by atoms with Crippen LogP contribution in [0.25, 0.3) is 0 Å². The number of hydrogen-bond acceptors (Lipinski definition) is 3. The molecule has 1 spiro atoms. The van der Waals surface area contributed by atoms with Crippen molar-refractivity contribution in [2.75, 3.05) is 26.3 Å². The van der Waals surface area contributed by atoms with E-state index in [0.29, 0.717) is 26.3 Å². The predicted octanol–water partition coefficient (Wildman–Crippen LogP) is 2.59. The Labute approximate surface area is 128 Å². The minimum Gasteiger partial charge on any atom is -0.381 e. The van der Waals surface area contributed by atoms with Crippen LogP contribution in [0.1, 0.15) is 18.4 Å². The van der Waals surface area contributed by atoms with Crippen molar-refractivity contribution < 1.29 is 17.5 Å². The molecule has 2 aliphatic heterocycles. The van der Waals surface area contributed by atoms with Crippen molar-refractivity contribution in [3.63, 3.8) is 0 Å². The van der Waals surface area contributed by atoms with Crippen LogP contribution < -0.4 is 0 Å². The summed E-state index contributed by atoms with van der Waals surface area (Å²) in [5, 5.41) is -0.0679. The lowest BCUT2D eigenvalue weighted by Crippen LogP contribution is -2.32. The first-order valence-corrected chi connectivity index (χ1v) is 8.69. The quantitative estimate of drug-likeness (QED) is 0.835. The number of rotatable bonds is 2. The van der Waals surface area contributed by atoms with Crippen LogP contribution in [-0.4, -0.2) is 39.0 Å². The molecule has 1 aromatic carbocycles. The fourth-order valence-corrected chi connectivity index (χ4v) is 5.17. The lowest BCUT2D eigenvalue weighted by Gasteiger charge is -2.22. The van der Waals surface area contributed by atoms with E-state index in [9.17, 15) is 12.8 Å². The van der Waals surface area contributed by atoms with Gasteiger partial charge in [-0.25, -0.2) is 12.8 Å². The number of hydrogen-bond donors (Lipinski definition) is 0. The second-order valence-electron chi connectivity index (χ2n) is 5.92. The van der Waals surface area contributed by atoms with Gasteiger partial charge in [0.05, 0.1) is 11.6 Å². The van der Waals surface area contributed by atoms with E-state index in [1.165, 1.54) is 17.3 Å². The van der Waals surface area contributed by atoms with E-state index in [-0.39, 0.29) is 20.9 Å². The van der Waals surface area contributed by atoms with Crippen LogP contribution in [-0.2, 0) is 14.8 Å². The summed E-state index contributed by atoms with van der Waals surface area (Å²) in [6.45, 7) is 3.72. The molecule has 3 rings (SSSR count). The number of halogens is 2. The molecule has 0 saturated carbocycles. The SMILES string of the molecule is Cc1cc(S(=O)(=O)N2CC[C@@]3(CCOC3)C2)c(Cl)cc1F. The van der Waals surface area contributed by atoms with Gasteiger partial charge in [-0.15, -0.1) is 0 Å². The average Bonchev–Trinajstić information content (AvgIpc) is 3.05. The molecular formula is C14H17ClFNO3S. The Morgan fingerprint density at radius 3 is 2.81 bits per heavy atom. The number of benzene rings is 1. The van der Waals surface area contributed by atoms with Gasteiger partial charge in [-0.05, 0) is 37.5 Å². The Morgan fingerprint density at radius 1 is 1.38 bits per heavy atom. The third kappa shape index (κ3) is 2.59. The lowest BCUT2D eigenvalue weighted by molar-refractivity contribution is 0.157. The normalized spacial score (nSPS) is 26.8. The molecule has 0 aliphatic carbocycles. The molecule has 2 aliphatic rings. The Bertz CT molecular complexity index is 671. The summed E-state index contributed by atoms with van der Waals surface area (Å²) in [6, 6.07) is 2.37.